The Kier molecular flexibility index (Phi) is 4.27. The lowest BCUT2D eigenvalue weighted by Gasteiger charge is -2.18. The van der Waals surface area contributed by atoms with E-state index in [1.54, 1.807) is 32.2 Å². The highest BCUT2D eigenvalue weighted by molar-refractivity contribution is 5.34. The van der Waals surface area contributed by atoms with Crippen molar-refractivity contribution in [2.24, 2.45) is 0 Å². The second-order valence-corrected chi connectivity index (χ2v) is 4.66. The van der Waals surface area contributed by atoms with Crippen LogP contribution in [0.15, 0.2) is 36.4 Å². The van der Waals surface area contributed by atoms with E-state index in [-0.39, 0.29) is 0 Å². The summed E-state index contributed by atoms with van der Waals surface area (Å²) in [5.74, 6) is -1.28. The molecule has 0 saturated carbocycles. The Balaban J connectivity index is 2.49. The molecule has 1 unspecified atom stereocenters. The van der Waals surface area contributed by atoms with Crippen LogP contribution >= 0.6 is 0 Å². The first-order valence-corrected chi connectivity index (χ1v) is 6.30. The first-order valence-electron chi connectivity index (χ1n) is 6.30. The monoisotopic (exact) mass is 298 g/mol. The maximum Gasteiger partial charge on any atom is 0.419 e. The fourth-order valence-electron chi connectivity index (χ4n) is 2.15. The van der Waals surface area contributed by atoms with Gasteiger partial charge in [-0.1, -0.05) is 12.1 Å². The molecular formula is C15H14F4N2. The predicted octanol–water partition coefficient (Wildman–Crippen LogP) is 3.86. The van der Waals surface area contributed by atoms with Gasteiger partial charge in [-0.05, 0) is 43.8 Å². The average molecular weight is 298 g/mol. The number of nitrogens with one attached hydrogen (secondary N) is 1. The maximum absolute atomic E-state index is 13.3. The average Bonchev–Trinajstić information content (AvgIpc) is 2.40. The summed E-state index contributed by atoms with van der Waals surface area (Å²) in [5, 5.41) is 2.91. The van der Waals surface area contributed by atoms with Crippen molar-refractivity contribution in [3.8, 4) is 0 Å². The van der Waals surface area contributed by atoms with Crippen molar-refractivity contribution in [1.29, 1.82) is 0 Å². The van der Waals surface area contributed by atoms with Gasteiger partial charge in [0, 0.05) is 5.69 Å². The molecule has 2 aromatic rings. The van der Waals surface area contributed by atoms with Gasteiger partial charge in [0.25, 0.3) is 0 Å². The third-order valence-corrected chi connectivity index (χ3v) is 3.12. The lowest BCUT2D eigenvalue weighted by atomic mass is 10.00. The minimum Gasteiger partial charge on any atom is -0.308 e. The summed E-state index contributed by atoms with van der Waals surface area (Å²) in [6.45, 7) is 1.79. The number of rotatable bonds is 3. The van der Waals surface area contributed by atoms with Crippen LogP contribution in [0.4, 0.5) is 17.6 Å². The highest BCUT2D eigenvalue weighted by Crippen LogP contribution is 2.33. The molecule has 0 radical (unpaired) electrons. The van der Waals surface area contributed by atoms with E-state index < -0.39 is 23.6 Å². The summed E-state index contributed by atoms with van der Waals surface area (Å²) < 4.78 is 51.7. The molecule has 0 fully saturated rings. The standard InChI is InChI=1S/C15H14F4N2/c1-9-4-3-5-13(21-9)14(20-2)10-6-7-12(16)11(8-10)15(17,18)19/h3-8,14,20H,1-2H3. The van der Waals surface area contributed by atoms with Crippen LogP contribution in [-0.4, -0.2) is 12.0 Å². The summed E-state index contributed by atoms with van der Waals surface area (Å²) in [5.41, 5.74) is 0.375. The minimum atomic E-state index is -4.72. The molecule has 2 nitrogen and oxygen atoms in total. The summed E-state index contributed by atoms with van der Waals surface area (Å²) in [6.07, 6.45) is -4.72. The zero-order valence-corrected chi connectivity index (χ0v) is 11.5. The van der Waals surface area contributed by atoms with Gasteiger partial charge in [0.05, 0.1) is 17.3 Å². The van der Waals surface area contributed by atoms with Crippen LogP contribution in [0.3, 0.4) is 0 Å². The SMILES string of the molecule is CNC(c1ccc(F)c(C(F)(F)F)c1)c1cccc(C)n1. The second kappa shape index (κ2) is 5.81. The first-order chi connectivity index (χ1) is 9.82. The normalized spacial score (nSPS) is 13.2. The second-order valence-electron chi connectivity index (χ2n) is 4.66. The van der Waals surface area contributed by atoms with E-state index in [1.165, 1.54) is 6.07 Å². The van der Waals surface area contributed by atoms with E-state index in [0.29, 0.717) is 11.3 Å². The molecule has 1 aromatic carbocycles. The molecule has 0 amide bonds. The molecule has 1 heterocycles. The number of hydrogen-bond acceptors (Lipinski definition) is 2. The number of aryl methyl sites for hydroxylation is 1. The summed E-state index contributed by atoms with van der Waals surface area (Å²) in [4.78, 5) is 4.30. The van der Waals surface area contributed by atoms with E-state index in [0.717, 1.165) is 17.8 Å². The van der Waals surface area contributed by atoms with Gasteiger partial charge in [0.1, 0.15) is 5.82 Å². The summed E-state index contributed by atoms with van der Waals surface area (Å²) in [6, 6.07) is 7.73. The molecule has 0 spiro atoms. The fourth-order valence-corrected chi connectivity index (χ4v) is 2.15. The van der Waals surface area contributed by atoms with Gasteiger partial charge < -0.3 is 5.32 Å². The fraction of sp³-hybridized carbons (Fsp3) is 0.267. The van der Waals surface area contributed by atoms with Gasteiger partial charge in [0.2, 0.25) is 0 Å². The number of hydrogen-bond donors (Lipinski definition) is 1. The minimum absolute atomic E-state index is 0.310. The van der Waals surface area contributed by atoms with Gasteiger partial charge in [-0.25, -0.2) is 4.39 Å². The molecule has 1 atom stereocenters. The third-order valence-electron chi connectivity index (χ3n) is 3.12. The zero-order chi connectivity index (χ0) is 15.6. The lowest BCUT2D eigenvalue weighted by Crippen LogP contribution is -2.20. The number of halogens is 4. The molecular weight excluding hydrogens is 284 g/mol. The van der Waals surface area contributed by atoms with Gasteiger partial charge in [-0.2, -0.15) is 13.2 Å². The molecule has 0 aliphatic carbocycles. The Labute approximate surface area is 119 Å². The highest BCUT2D eigenvalue weighted by atomic mass is 19.4. The molecule has 0 aliphatic rings. The van der Waals surface area contributed by atoms with Gasteiger partial charge in [0.15, 0.2) is 0 Å². The molecule has 1 N–H and O–H groups in total. The third kappa shape index (κ3) is 3.39. The van der Waals surface area contributed by atoms with Crippen molar-refractivity contribution < 1.29 is 17.6 Å². The molecule has 21 heavy (non-hydrogen) atoms. The Morgan fingerprint density at radius 2 is 1.86 bits per heavy atom. The van der Waals surface area contributed by atoms with E-state index in [2.05, 4.69) is 10.3 Å². The van der Waals surface area contributed by atoms with Crippen LogP contribution in [-0.2, 0) is 6.18 Å². The molecule has 0 aliphatic heterocycles. The smallest absolute Gasteiger partial charge is 0.308 e. The van der Waals surface area contributed by atoms with E-state index in [1.807, 2.05) is 0 Å². The van der Waals surface area contributed by atoms with E-state index in [4.69, 9.17) is 0 Å². The van der Waals surface area contributed by atoms with Crippen molar-refractivity contribution in [2.75, 3.05) is 7.05 Å². The Hall–Kier alpha value is -1.95. The molecule has 6 heteroatoms. The predicted molar refractivity (Wildman–Crippen MR) is 71.3 cm³/mol. The van der Waals surface area contributed by atoms with Gasteiger partial charge >= 0.3 is 6.18 Å². The van der Waals surface area contributed by atoms with Gasteiger partial charge in [-0.3, -0.25) is 4.98 Å². The molecule has 1 aromatic heterocycles. The van der Waals surface area contributed by atoms with Crippen LogP contribution in [0.5, 0.6) is 0 Å². The topological polar surface area (TPSA) is 24.9 Å². The molecule has 112 valence electrons. The molecule has 0 bridgehead atoms. The number of pyridine rings is 1. The van der Waals surface area contributed by atoms with Crippen LogP contribution in [0.1, 0.15) is 28.6 Å². The van der Waals surface area contributed by atoms with Crippen molar-refractivity contribution in [1.82, 2.24) is 10.3 Å². The van der Waals surface area contributed by atoms with Crippen LogP contribution < -0.4 is 5.32 Å². The van der Waals surface area contributed by atoms with Crippen molar-refractivity contribution in [3.63, 3.8) is 0 Å². The van der Waals surface area contributed by atoms with E-state index in [9.17, 15) is 17.6 Å². The van der Waals surface area contributed by atoms with E-state index >= 15 is 0 Å². The Morgan fingerprint density at radius 3 is 2.43 bits per heavy atom. The Morgan fingerprint density at radius 1 is 1.14 bits per heavy atom. The van der Waals surface area contributed by atoms with Crippen molar-refractivity contribution >= 4 is 0 Å². The van der Waals surface area contributed by atoms with Crippen molar-refractivity contribution in [2.45, 2.75) is 19.1 Å². The van der Waals surface area contributed by atoms with Gasteiger partial charge in [-0.15, -0.1) is 0 Å². The molecule has 2 rings (SSSR count). The lowest BCUT2D eigenvalue weighted by molar-refractivity contribution is -0.140. The van der Waals surface area contributed by atoms with Crippen LogP contribution in [0.25, 0.3) is 0 Å². The molecule has 0 saturated heterocycles. The van der Waals surface area contributed by atoms with Crippen molar-refractivity contribution in [3.05, 3.63) is 64.7 Å². The summed E-state index contributed by atoms with van der Waals surface area (Å²) in [7, 11) is 1.62. The number of nitrogens with zero attached hydrogens (tertiary/aromatic N) is 1. The number of benzene rings is 1. The van der Waals surface area contributed by atoms with Crippen LogP contribution in [0, 0.1) is 12.7 Å². The zero-order valence-electron chi connectivity index (χ0n) is 11.5. The number of aromatic nitrogens is 1. The quantitative estimate of drug-likeness (QED) is 0.870. The van der Waals surface area contributed by atoms with Crippen LogP contribution in [0.2, 0.25) is 0 Å². The highest BCUT2D eigenvalue weighted by Gasteiger charge is 2.34. The Bertz CT molecular complexity index is 638. The maximum atomic E-state index is 13.3. The summed E-state index contributed by atoms with van der Waals surface area (Å²) >= 11 is 0. The number of alkyl halides is 3. The largest absolute Gasteiger partial charge is 0.419 e. The first kappa shape index (κ1) is 15.4.